The van der Waals surface area contributed by atoms with Crippen molar-refractivity contribution >= 4 is 0 Å². The Hall–Kier alpha value is -1.72. The van der Waals surface area contributed by atoms with Crippen LogP contribution in [0.25, 0.3) is 0 Å². The van der Waals surface area contributed by atoms with E-state index in [1.165, 1.54) is 6.08 Å². The highest BCUT2D eigenvalue weighted by molar-refractivity contribution is 4.71. The van der Waals surface area contributed by atoms with Gasteiger partial charge in [0.15, 0.2) is 0 Å². The van der Waals surface area contributed by atoms with Crippen molar-refractivity contribution in [1.29, 1.82) is 0 Å². The zero-order chi connectivity index (χ0) is 8.43. The van der Waals surface area contributed by atoms with Crippen LogP contribution in [0.4, 0.5) is 0 Å². The lowest BCUT2D eigenvalue weighted by atomic mass is 10.6. The first-order valence-corrected chi connectivity index (χ1v) is 2.89. The molecule has 6 heteroatoms. The molecule has 1 aromatic rings. The maximum atomic E-state index is 10.7. The number of nitrogens with zero attached hydrogens (tertiary/aromatic N) is 2. The summed E-state index contributed by atoms with van der Waals surface area (Å²) >= 11 is 0. The summed E-state index contributed by atoms with van der Waals surface area (Å²) in [5.74, 6) is 0. The molecule has 0 radical (unpaired) electrons. The van der Waals surface area contributed by atoms with Crippen LogP contribution < -0.4 is 11.4 Å². The maximum absolute atomic E-state index is 10.7. The summed E-state index contributed by atoms with van der Waals surface area (Å²) in [5, 5.41) is 8.84. The van der Waals surface area contributed by atoms with Gasteiger partial charge in [-0.2, -0.15) is 4.68 Å². The van der Waals surface area contributed by atoms with E-state index in [-0.39, 0.29) is 11.4 Å². The fourth-order valence-electron chi connectivity index (χ4n) is 0.684. The van der Waals surface area contributed by atoms with Gasteiger partial charge < -0.3 is 5.21 Å². The van der Waals surface area contributed by atoms with Gasteiger partial charge in [0.25, 0.3) is 0 Å². The summed E-state index contributed by atoms with van der Waals surface area (Å²) in [6, 6.07) is 0. The van der Waals surface area contributed by atoms with Gasteiger partial charge in [0.2, 0.25) is 0 Å². The highest BCUT2D eigenvalue weighted by Crippen LogP contribution is 1.73. The highest BCUT2D eigenvalue weighted by atomic mass is 16.5. The first-order chi connectivity index (χ1) is 5.16. The summed E-state index contributed by atoms with van der Waals surface area (Å²) in [6.07, 6.45) is 1.39. The molecule has 0 aliphatic heterocycles. The van der Waals surface area contributed by atoms with Crippen molar-refractivity contribution in [3.8, 4) is 0 Å². The lowest BCUT2D eigenvalue weighted by Crippen LogP contribution is -2.24. The Morgan fingerprint density at radius 2 is 2.18 bits per heavy atom. The Morgan fingerprint density at radius 1 is 1.55 bits per heavy atom. The third-order valence-electron chi connectivity index (χ3n) is 1.16. The highest BCUT2D eigenvalue weighted by Gasteiger charge is 2.03. The summed E-state index contributed by atoms with van der Waals surface area (Å²) < 4.78 is 0.815. The SMILES string of the molecule is C=CCn1c(=O)[nH]c(=O)n1O. The van der Waals surface area contributed by atoms with E-state index in [1.54, 1.807) is 0 Å². The van der Waals surface area contributed by atoms with Crippen LogP contribution in [0.2, 0.25) is 0 Å². The zero-order valence-electron chi connectivity index (χ0n) is 5.65. The minimum Gasteiger partial charge on any atom is -0.409 e. The number of nitrogens with one attached hydrogen (secondary N) is 1. The Labute approximate surface area is 60.9 Å². The van der Waals surface area contributed by atoms with Crippen molar-refractivity contribution < 1.29 is 5.21 Å². The molecule has 2 N–H and O–H groups in total. The largest absolute Gasteiger partial charge is 0.409 e. The maximum Gasteiger partial charge on any atom is 0.378 e. The Bertz CT molecular complexity index is 369. The molecule has 0 spiro atoms. The summed E-state index contributed by atoms with van der Waals surface area (Å²) in [6.45, 7) is 3.44. The number of hydrogen-bond donors (Lipinski definition) is 2. The van der Waals surface area contributed by atoms with Gasteiger partial charge in [-0.15, -0.1) is 6.58 Å². The first kappa shape index (κ1) is 7.39. The molecule has 0 atom stereocenters. The molecule has 0 unspecified atom stereocenters. The second kappa shape index (κ2) is 2.49. The van der Waals surface area contributed by atoms with E-state index in [0.717, 1.165) is 4.68 Å². The summed E-state index contributed by atoms with van der Waals surface area (Å²) in [5.41, 5.74) is -1.51. The molecule has 0 fully saturated rings. The van der Waals surface area contributed by atoms with Crippen LogP contribution in [0.15, 0.2) is 22.2 Å². The Kier molecular flexibility index (Phi) is 1.67. The van der Waals surface area contributed by atoms with Gasteiger partial charge >= 0.3 is 11.4 Å². The van der Waals surface area contributed by atoms with Crippen molar-refractivity contribution in [2.45, 2.75) is 6.54 Å². The fraction of sp³-hybridized carbons (Fsp3) is 0.200. The molecule has 1 aromatic heterocycles. The first-order valence-electron chi connectivity index (χ1n) is 2.89. The molecule has 0 saturated carbocycles. The van der Waals surface area contributed by atoms with Crippen LogP contribution >= 0.6 is 0 Å². The molecule has 0 saturated heterocycles. The predicted octanol–water partition coefficient (Wildman–Crippen LogP) is -1.24. The monoisotopic (exact) mass is 157 g/mol. The number of aromatic nitrogens is 3. The second-order valence-electron chi connectivity index (χ2n) is 1.90. The van der Waals surface area contributed by atoms with Gasteiger partial charge in [-0.1, -0.05) is 10.9 Å². The molecule has 1 rings (SSSR count). The Morgan fingerprint density at radius 3 is 2.55 bits per heavy atom. The van der Waals surface area contributed by atoms with Crippen molar-refractivity contribution in [3.63, 3.8) is 0 Å². The van der Waals surface area contributed by atoms with Crippen molar-refractivity contribution in [2.24, 2.45) is 0 Å². The van der Waals surface area contributed by atoms with Crippen molar-refractivity contribution in [3.05, 3.63) is 33.6 Å². The van der Waals surface area contributed by atoms with Gasteiger partial charge in [-0.05, 0) is 0 Å². The topological polar surface area (TPSA) is 80.0 Å². The molecule has 0 aliphatic carbocycles. The second-order valence-corrected chi connectivity index (χ2v) is 1.90. The molecule has 0 amide bonds. The smallest absolute Gasteiger partial charge is 0.378 e. The number of aromatic amines is 1. The van der Waals surface area contributed by atoms with Crippen LogP contribution in [-0.4, -0.2) is 19.7 Å². The van der Waals surface area contributed by atoms with Crippen LogP contribution in [0.5, 0.6) is 0 Å². The van der Waals surface area contributed by atoms with E-state index < -0.39 is 11.4 Å². The Balaban J connectivity index is 3.33. The number of allylic oxidation sites excluding steroid dienone is 1. The summed E-state index contributed by atoms with van der Waals surface area (Å²) in [4.78, 5) is 23.4. The molecule has 0 bridgehead atoms. The van der Waals surface area contributed by atoms with E-state index in [2.05, 4.69) is 6.58 Å². The van der Waals surface area contributed by atoms with Gasteiger partial charge in [0.05, 0.1) is 6.54 Å². The fourth-order valence-corrected chi connectivity index (χ4v) is 0.684. The molecule has 6 nitrogen and oxygen atoms in total. The average molecular weight is 157 g/mol. The summed E-state index contributed by atoms with van der Waals surface area (Å²) in [7, 11) is 0. The van der Waals surface area contributed by atoms with E-state index in [4.69, 9.17) is 5.21 Å². The van der Waals surface area contributed by atoms with E-state index in [0.29, 0.717) is 0 Å². The van der Waals surface area contributed by atoms with E-state index in [9.17, 15) is 9.59 Å². The van der Waals surface area contributed by atoms with Crippen LogP contribution in [0, 0.1) is 0 Å². The molecular formula is C5H7N3O3. The molecule has 60 valence electrons. The van der Waals surface area contributed by atoms with Gasteiger partial charge in [-0.3, -0.25) is 4.98 Å². The van der Waals surface area contributed by atoms with Crippen molar-refractivity contribution in [1.82, 2.24) is 14.5 Å². The molecular weight excluding hydrogens is 150 g/mol. The standard InChI is InChI=1S/C5H7N3O3/c1-2-3-7-4(9)6-5(10)8(7)11/h2,11H,1,3H2,(H,6,9,10). The predicted molar refractivity (Wildman–Crippen MR) is 36.7 cm³/mol. The van der Waals surface area contributed by atoms with E-state index in [1.807, 2.05) is 4.98 Å². The van der Waals surface area contributed by atoms with E-state index >= 15 is 0 Å². The van der Waals surface area contributed by atoms with Gasteiger partial charge in [-0.25, -0.2) is 9.59 Å². The minimum atomic E-state index is -0.850. The van der Waals surface area contributed by atoms with Crippen molar-refractivity contribution in [2.75, 3.05) is 0 Å². The number of rotatable bonds is 2. The third-order valence-corrected chi connectivity index (χ3v) is 1.16. The third kappa shape index (κ3) is 1.09. The lowest BCUT2D eigenvalue weighted by Gasteiger charge is -1.96. The lowest BCUT2D eigenvalue weighted by molar-refractivity contribution is 0.101. The number of hydrogen-bond acceptors (Lipinski definition) is 3. The molecule has 0 aliphatic rings. The number of H-pyrrole nitrogens is 1. The average Bonchev–Trinajstić information content (AvgIpc) is 2.17. The van der Waals surface area contributed by atoms with Crippen LogP contribution in [0.3, 0.4) is 0 Å². The molecule has 0 aromatic carbocycles. The molecule has 1 heterocycles. The van der Waals surface area contributed by atoms with Gasteiger partial charge in [0.1, 0.15) is 0 Å². The minimum absolute atomic E-state index is 0.0913. The van der Waals surface area contributed by atoms with Crippen LogP contribution in [0.1, 0.15) is 0 Å². The van der Waals surface area contributed by atoms with Gasteiger partial charge in [0, 0.05) is 0 Å². The normalized spacial score (nSPS) is 9.82. The van der Waals surface area contributed by atoms with Crippen LogP contribution in [-0.2, 0) is 6.54 Å². The zero-order valence-corrected chi connectivity index (χ0v) is 5.65. The quantitative estimate of drug-likeness (QED) is 0.416. The molecule has 11 heavy (non-hydrogen) atoms.